The van der Waals surface area contributed by atoms with E-state index in [0.29, 0.717) is 11.3 Å². The average Bonchev–Trinajstić information content (AvgIpc) is 2.39. The van der Waals surface area contributed by atoms with Gasteiger partial charge in [-0.05, 0) is 19.1 Å². The minimum absolute atomic E-state index is 0.0235. The van der Waals surface area contributed by atoms with E-state index in [1.54, 1.807) is 13.0 Å². The second-order valence-electron chi connectivity index (χ2n) is 3.96. The van der Waals surface area contributed by atoms with Gasteiger partial charge in [-0.2, -0.15) is 0 Å². The average molecular weight is 273 g/mol. The number of nitro benzene ring substituents is 1. The fourth-order valence-electron chi connectivity index (χ4n) is 1.53. The molecule has 0 bridgehead atoms. The Hall–Kier alpha value is -3.03. The molecule has 0 aliphatic carbocycles. The first-order valence-corrected chi connectivity index (χ1v) is 5.56. The van der Waals surface area contributed by atoms with Gasteiger partial charge in [0.2, 0.25) is 5.88 Å². The van der Waals surface area contributed by atoms with E-state index < -0.39 is 4.92 Å². The molecule has 1 aromatic carbocycles. The second kappa shape index (κ2) is 5.31. The Kier molecular flexibility index (Phi) is 3.56. The van der Waals surface area contributed by atoms with Gasteiger partial charge < -0.3 is 10.5 Å². The Morgan fingerprint density at radius 1 is 1.40 bits per heavy atom. The quantitative estimate of drug-likeness (QED) is 0.378. The van der Waals surface area contributed by atoms with Crippen LogP contribution in [-0.2, 0) is 0 Å². The van der Waals surface area contributed by atoms with Crippen molar-refractivity contribution in [3.8, 4) is 11.6 Å². The van der Waals surface area contributed by atoms with Gasteiger partial charge in [-0.15, -0.1) is 0 Å². The number of nitro groups is 1. The van der Waals surface area contributed by atoms with Crippen molar-refractivity contribution in [1.82, 2.24) is 9.97 Å². The lowest BCUT2D eigenvalue weighted by molar-refractivity contribution is -0.385. The van der Waals surface area contributed by atoms with Gasteiger partial charge in [-0.25, -0.2) is 9.97 Å². The van der Waals surface area contributed by atoms with E-state index in [2.05, 4.69) is 9.97 Å². The first-order chi connectivity index (χ1) is 9.47. The molecule has 0 amide bonds. The highest BCUT2D eigenvalue weighted by molar-refractivity contribution is 5.92. The van der Waals surface area contributed by atoms with Gasteiger partial charge in [-0.1, -0.05) is 0 Å². The highest BCUT2D eigenvalue weighted by Gasteiger charge is 2.11. The third-order valence-corrected chi connectivity index (χ3v) is 2.49. The largest absolute Gasteiger partial charge is 0.437 e. The topological polar surface area (TPSA) is 128 Å². The number of nitrogens with zero attached hydrogens (tertiary/aromatic N) is 3. The normalized spacial score (nSPS) is 10.1. The molecule has 1 heterocycles. The second-order valence-corrected chi connectivity index (χ2v) is 3.96. The van der Waals surface area contributed by atoms with Gasteiger partial charge in [0, 0.05) is 11.6 Å². The zero-order valence-corrected chi connectivity index (χ0v) is 10.5. The molecular weight excluding hydrogens is 262 g/mol. The van der Waals surface area contributed by atoms with Gasteiger partial charge >= 0.3 is 0 Å². The van der Waals surface area contributed by atoms with Crippen LogP contribution in [0.5, 0.6) is 11.6 Å². The number of aryl methyl sites for hydroxylation is 1. The zero-order chi connectivity index (χ0) is 14.7. The summed E-state index contributed by atoms with van der Waals surface area (Å²) in [6.45, 7) is 1.62. The van der Waals surface area contributed by atoms with Crippen LogP contribution in [-0.4, -0.2) is 20.7 Å². The van der Waals surface area contributed by atoms with E-state index in [-0.39, 0.29) is 23.1 Å². The molecule has 3 N–H and O–H groups in total. The summed E-state index contributed by atoms with van der Waals surface area (Å²) < 4.78 is 5.42. The number of aromatic nitrogens is 2. The molecule has 1 aromatic heterocycles. The summed E-state index contributed by atoms with van der Waals surface area (Å²) in [6.07, 6.45) is 2.64. The van der Waals surface area contributed by atoms with Gasteiger partial charge in [0.25, 0.3) is 5.69 Å². The number of benzene rings is 1. The molecule has 0 aliphatic rings. The number of nitrogens with one attached hydrogen (secondary N) is 1. The number of hydrogen-bond donors (Lipinski definition) is 2. The predicted octanol–water partition coefficient (Wildman–Crippen LogP) is 1.77. The number of nitrogen functional groups attached to an aromatic ring is 1. The molecule has 0 saturated carbocycles. The van der Waals surface area contributed by atoms with Crippen LogP contribution in [0.25, 0.3) is 0 Å². The molecule has 0 fully saturated rings. The van der Waals surface area contributed by atoms with Crippen molar-refractivity contribution in [2.75, 3.05) is 0 Å². The van der Waals surface area contributed by atoms with Crippen LogP contribution in [0.2, 0.25) is 0 Å². The fourth-order valence-corrected chi connectivity index (χ4v) is 1.53. The Balaban J connectivity index is 2.19. The summed E-state index contributed by atoms with van der Waals surface area (Å²) >= 11 is 0. The molecule has 2 rings (SSSR count). The van der Waals surface area contributed by atoms with Crippen molar-refractivity contribution < 1.29 is 9.66 Å². The Labute approximate surface area is 113 Å². The maximum absolute atomic E-state index is 10.7. The maximum Gasteiger partial charge on any atom is 0.272 e. The monoisotopic (exact) mass is 273 g/mol. The summed E-state index contributed by atoms with van der Waals surface area (Å²) in [5.74, 6) is 0.441. The maximum atomic E-state index is 10.7. The molecule has 8 heteroatoms. The summed E-state index contributed by atoms with van der Waals surface area (Å²) in [5.41, 5.74) is 6.02. The summed E-state index contributed by atoms with van der Waals surface area (Å²) in [4.78, 5) is 18.1. The van der Waals surface area contributed by atoms with Crippen LogP contribution in [0, 0.1) is 22.4 Å². The summed E-state index contributed by atoms with van der Waals surface area (Å²) in [5, 5.41) is 17.9. The highest BCUT2D eigenvalue weighted by Crippen LogP contribution is 2.25. The van der Waals surface area contributed by atoms with E-state index >= 15 is 0 Å². The molecule has 8 nitrogen and oxygen atoms in total. The Morgan fingerprint density at radius 3 is 2.65 bits per heavy atom. The lowest BCUT2D eigenvalue weighted by Gasteiger charge is -2.05. The van der Waals surface area contributed by atoms with Crippen molar-refractivity contribution >= 4 is 11.5 Å². The number of rotatable bonds is 4. The van der Waals surface area contributed by atoms with Crippen LogP contribution in [0.15, 0.2) is 30.6 Å². The van der Waals surface area contributed by atoms with Crippen molar-refractivity contribution in [3.63, 3.8) is 0 Å². The first-order valence-electron chi connectivity index (χ1n) is 5.56. The third kappa shape index (κ3) is 2.86. The van der Waals surface area contributed by atoms with E-state index in [1.807, 2.05) is 0 Å². The standard InChI is InChI=1S/C12H11N5O3/c1-7-4-8(2-3-10(7)17(18)19)20-11-6-15-9(5-16-11)12(13)14/h2-6H,1H3,(H3,13,14). The number of amidine groups is 1. The van der Waals surface area contributed by atoms with E-state index in [9.17, 15) is 10.1 Å². The van der Waals surface area contributed by atoms with Crippen molar-refractivity contribution in [2.45, 2.75) is 6.92 Å². The van der Waals surface area contributed by atoms with Crippen LogP contribution >= 0.6 is 0 Å². The van der Waals surface area contributed by atoms with Crippen molar-refractivity contribution in [2.24, 2.45) is 5.73 Å². The van der Waals surface area contributed by atoms with Crippen LogP contribution < -0.4 is 10.5 Å². The zero-order valence-electron chi connectivity index (χ0n) is 10.5. The molecule has 0 radical (unpaired) electrons. The predicted molar refractivity (Wildman–Crippen MR) is 71.0 cm³/mol. The lowest BCUT2D eigenvalue weighted by atomic mass is 10.2. The minimum atomic E-state index is -0.458. The van der Waals surface area contributed by atoms with Crippen molar-refractivity contribution in [1.29, 1.82) is 5.41 Å². The molecule has 102 valence electrons. The Morgan fingerprint density at radius 2 is 2.15 bits per heavy atom. The highest BCUT2D eigenvalue weighted by atomic mass is 16.6. The SMILES string of the molecule is Cc1cc(Oc2cnc(C(=N)N)cn2)ccc1[N+](=O)[O-]. The van der Waals surface area contributed by atoms with Gasteiger partial charge in [0.05, 0.1) is 17.3 Å². The van der Waals surface area contributed by atoms with Gasteiger partial charge in [0.15, 0.2) is 0 Å². The fraction of sp³-hybridized carbons (Fsp3) is 0.0833. The Bertz CT molecular complexity index is 669. The molecule has 0 spiro atoms. The minimum Gasteiger partial charge on any atom is -0.437 e. The number of ether oxygens (including phenoxy) is 1. The summed E-state index contributed by atoms with van der Waals surface area (Å²) in [7, 11) is 0. The van der Waals surface area contributed by atoms with Gasteiger partial charge in [-0.3, -0.25) is 15.5 Å². The van der Waals surface area contributed by atoms with Crippen LogP contribution in [0.3, 0.4) is 0 Å². The molecule has 2 aromatic rings. The lowest BCUT2D eigenvalue weighted by Crippen LogP contribution is -2.13. The molecule has 20 heavy (non-hydrogen) atoms. The summed E-state index contributed by atoms with van der Waals surface area (Å²) in [6, 6.07) is 4.38. The molecule has 0 atom stereocenters. The smallest absolute Gasteiger partial charge is 0.272 e. The first kappa shape index (κ1) is 13.4. The van der Waals surface area contributed by atoms with Gasteiger partial charge in [0.1, 0.15) is 17.3 Å². The van der Waals surface area contributed by atoms with Crippen LogP contribution in [0.1, 0.15) is 11.3 Å². The van der Waals surface area contributed by atoms with Crippen LogP contribution in [0.4, 0.5) is 5.69 Å². The molecule has 0 aliphatic heterocycles. The van der Waals surface area contributed by atoms with Crippen molar-refractivity contribution in [3.05, 3.63) is 52.0 Å². The molecule has 0 saturated heterocycles. The van der Waals surface area contributed by atoms with E-state index in [0.717, 1.165) is 0 Å². The van der Waals surface area contributed by atoms with E-state index in [1.165, 1.54) is 24.5 Å². The number of hydrogen-bond acceptors (Lipinski definition) is 6. The van der Waals surface area contributed by atoms with E-state index in [4.69, 9.17) is 15.9 Å². The number of nitrogens with two attached hydrogens (primary N) is 1. The third-order valence-electron chi connectivity index (χ3n) is 2.49. The molecular formula is C12H11N5O3. The molecule has 0 unspecified atom stereocenters.